The molecule has 1 aliphatic rings. The highest BCUT2D eigenvalue weighted by molar-refractivity contribution is 6.36. The topological polar surface area (TPSA) is 57.0 Å². The van der Waals surface area contributed by atoms with E-state index in [-0.39, 0.29) is 21.6 Å². The van der Waals surface area contributed by atoms with Crippen molar-refractivity contribution in [3.8, 4) is 0 Å². The molecule has 1 fully saturated rings. The Bertz CT molecular complexity index is 175. The molecule has 1 heterocycles. The van der Waals surface area contributed by atoms with Crippen LogP contribution in [0.1, 0.15) is 6.42 Å². The average molecular weight is 248 g/mol. The summed E-state index contributed by atoms with van der Waals surface area (Å²) < 4.78 is 15.7. The lowest BCUT2D eigenvalue weighted by Crippen LogP contribution is -2.48. The molecule has 0 amide bonds. The summed E-state index contributed by atoms with van der Waals surface area (Å²) in [4.78, 5) is 2.30. The Morgan fingerprint density at radius 1 is 1.31 bits per heavy atom. The number of rotatable bonds is 7. The van der Waals surface area contributed by atoms with E-state index in [2.05, 4.69) is 4.90 Å². The summed E-state index contributed by atoms with van der Waals surface area (Å²) in [6.07, 6.45) is 1.21. The molecule has 6 heteroatoms. The summed E-state index contributed by atoms with van der Waals surface area (Å²) in [5.41, 5.74) is 6.13. The predicted molar refractivity (Wildman–Crippen MR) is 66.1 cm³/mol. The molecule has 1 atom stereocenters. The number of morpholine rings is 1. The molecule has 1 unspecified atom stereocenters. The van der Waals surface area contributed by atoms with Crippen molar-refractivity contribution in [1.29, 1.82) is 0 Å². The van der Waals surface area contributed by atoms with Gasteiger partial charge in [0.25, 0.3) is 0 Å². The van der Waals surface area contributed by atoms with Crippen LogP contribution in [0.15, 0.2) is 0 Å². The molecule has 0 aromatic heterocycles. The molecule has 0 saturated carbocycles. The molecule has 1 saturated heterocycles. The molecule has 2 N–H and O–H groups in total. The standard InChI is InChI=1S/C10H24N2O3Si/c1-13-10(14-2)16-8-3-9(11)12-4-6-15-7-5-12/h9-10H,3-8,11,16H2,1-2H3. The maximum Gasteiger partial charge on any atom is 0.134 e. The van der Waals surface area contributed by atoms with Crippen LogP contribution in [0.5, 0.6) is 0 Å². The maximum absolute atomic E-state index is 6.13. The highest BCUT2D eigenvalue weighted by Gasteiger charge is 2.17. The first kappa shape index (κ1) is 14.1. The highest BCUT2D eigenvalue weighted by atomic mass is 28.2. The van der Waals surface area contributed by atoms with Crippen molar-refractivity contribution in [2.45, 2.75) is 24.5 Å². The SMILES string of the molecule is COC(OC)[SiH2]CCC(N)N1CCOCC1. The Morgan fingerprint density at radius 2 is 1.94 bits per heavy atom. The number of methoxy groups -OCH3 is 2. The van der Waals surface area contributed by atoms with Crippen molar-refractivity contribution in [2.75, 3.05) is 40.5 Å². The fourth-order valence-corrected chi connectivity index (χ4v) is 3.38. The van der Waals surface area contributed by atoms with Gasteiger partial charge in [0.05, 0.1) is 28.9 Å². The third-order valence-electron chi connectivity index (χ3n) is 2.98. The Balaban J connectivity index is 2.11. The van der Waals surface area contributed by atoms with E-state index in [1.165, 1.54) is 0 Å². The van der Waals surface area contributed by atoms with Gasteiger partial charge in [0.15, 0.2) is 0 Å². The summed E-state index contributed by atoms with van der Waals surface area (Å²) in [6.45, 7) is 3.54. The molecule has 0 aliphatic carbocycles. The van der Waals surface area contributed by atoms with Gasteiger partial charge in [0.1, 0.15) is 5.91 Å². The van der Waals surface area contributed by atoms with Gasteiger partial charge in [-0.15, -0.1) is 0 Å². The van der Waals surface area contributed by atoms with Gasteiger partial charge in [0.2, 0.25) is 0 Å². The van der Waals surface area contributed by atoms with Gasteiger partial charge in [0, 0.05) is 27.3 Å². The second kappa shape index (κ2) is 8.16. The summed E-state index contributed by atoms with van der Waals surface area (Å²) in [5.74, 6) is 0.0388. The van der Waals surface area contributed by atoms with E-state index < -0.39 is 0 Å². The third-order valence-corrected chi connectivity index (χ3v) is 4.93. The summed E-state index contributed by atoms with van der Waals surface area (Å²) in [6, 6.07) is 1.16. The van der Waals surface area contributed by atoms with Crippen molar-refractivity contribution in [3.63, 3.8) is 0 Å². The Kier molecular flexibility index (Phi) is 7.18. The molecule has 1 rings (SSSR count). The van der Waals surface area contributed by atoms with E-state index in [1.807, 2.05) is 0 Å². The predicted octanol–water partition coefficient (Wildman–Crippen LogP) is -0.843. The third kappa shape index (κ3) is 4.90. The van der Waals surface area contributed by atoms with Gasteiger partial charge in [-0.2, -0.15) is 0 Å². The van der Waals surface area contributed by atoms with E-state index in [9.17, 15) is 0 Å². The molecule has 5 nitrogen and oxygen atoms in total. The van der Waals surface area contributed by atoms with Crippen LogP contribution >= 0.6 is 0 Å². The molecular weight excluding hydrogens is 224 g/mol. The summed E-state index contributed by atoms with van der Waals surface area (Å²) in [5, 5.41) is 0. The molecule has 1 aliphatic heterocycles. The minimum Gasteiger partial charge on any atom is -0.379 e. The van der Waals surface area contributed by atoms with E-state index in [0.29, 0.717) is 0 Å². The summed E-state index contributed by atoms with van der Waals surface area (Å²) in [7, 11) is 3.06. The van der Waals surface area contributed by atoms with Gasteiger partial charge >= 0.3 is 0 Å². The van der Waals surface area contributed by atoms with Crippen LogP contribution in [-0.4, -0.2) is 67.0 Å². The smallest absolute Gasteiger partial charge is 0.134 e. The van der Waals surface area contributed by atoms with Crippen LogP contribution in [0, 0.1) is 0 Å². The Labute approximate surface area is 100 Å². The van der Waals surface area contributed by atoms with E-state index >= 15 is 0 Å². The first-order valence-electron chi connectivity index (χ1n) is 5.91. The molecule has 16 heavy (non-hydrogen) atoms. The molecule has 0 bridgehead atoms. The second-order valence-electron chi connectivity index (χ2n) is 4.05. The van der Waals surface area contributed by atoms with Crippen LogP contribution in [0.3, 0.4) is 0 Å². The number of nitrogens with two attached hydrogens (primary N) is 1. The molecule has 0 aromatic carbocycles. The van der Waals surface area contributed by atoms with Crippen LogP contribution in [0.4, 0.5) is 0 Å². The van der Waals surface area contributed by atoms with Gasteiger partial charge < -0.3 is 19.9 Å². The van der Waals surface area contributed by atoms with Gasteiger partial charge in [-0.1, -0.05) is 6.04 Å². The first-order valence-corrected chi connectivity index (χ1v) is 7.72. The second-order valence-corrected chi connectivity index (χ2v) is 6.00. The van der Waals surface area contributed by atoms with E-state index in [4.69, 9.17) is 19.9 Å². The largest absolute Gasteiger partial charge is 0.379 e. The minimum absolute atomic E-state index is 0.0388. The monoisotopic (exact) mass is 248 g/mol. The number of nitrogens with zero attached hydrogens (tertiary/aromatic N) is 1. The lowest BCUT2D eigenvalue weighted by molar-refractivity contribution is -0.0443. The number of hydrogen-bond acceptors (Lipinski definition) is 5. The maximum atomic E-state index is 6.13. The van der Waals surface area contributed by atoms with E-state index in [1.54, 1.807) is 14.2 Å². The zero-order chi connectivity index (χ0) is 11.8. The van der Waals surface area contributed by atoms with Crippen molar-refractivity contribution in [2.24, 2.45) is 5.73 Å². The van der Waals surface area contributed by atoms with Crippen molar-refractivity contribution in [3.05, 3.63) is 0 Å². The minimum atomic E-state index is -0.335. The number of hydrogen-bond donors (Lipinski definition) is 1. The lowest BCUT2D eigenvalue weighted by atomic mass is 10.3. The normalized spacial score (nSPS) is 21.0. The Morgan fingerprint density at radius 3 is 2.50 bits per heavy atom. The zero-order valence-electron chi connectivity index (χ0n) is 10.4. The van der Waals surface area contributed by atoms with Gasteiger partial charge in [-0.05, 0) is 6.42 Å². The molecule has 96 valence electrons. The van der Waals surface area contributed by atoms with Crippen LogP contribution in [0.25, 0.3) is 0 Å². The summed E-state index contributed by atoms with van der Waals surface area (Å²) >= 11 is 0. The van der Waals surface area contributed by atoms with Gasteiger partial charge in [-0.25, -0.2) is 0 Å². The molecule has 0 radical (unpaired) electrons. The van der Waals surface area contributed by atoms with E-state index in [0.717, 1.165) is 38.8 Å². The van der Waals surface area contributed by atoms with Crippen molar-refractivity contribution in [1.82, 2.24) is 4.90 Å². The zero-order valence-corrected chi connectivity index (χ0v) is 11.8. The van der Waals surface area contributed by atoms with Gasteiger partial charge in [-0.3, -0.25) is 4.90 Å². The quantitative estimate of drug-likeness (QED) is 0.470. The molecule has 0 aromatic rings. The fraction of sp³-hybridized carbons (Fsp3) is 1.00. The average Bonchev–Trinajstić information content (AvgIpc) is 2.35. The highest BCUT2D eigenvalue weighted by Crippen LogP contribution is 2.06. The van der Waals surface area contributed by atoms with Crippen LogP contribution in [0.2, 0.25) is 6.04 Å². The number of ether oxygens (including phenoxy) is 3. The molecular formula is C10H24N2O3Si. The first-order chi connectivity index (χ1) is 7.77. The van der Waals surface area contributed by atoms with Crippen molar-refractivity contribution >= 4 is 9.52 Å². The Hall–Kier alpha value is 0.0169. The fourth-order valence-electron chi connectivity index (χ4n) is 1.92. The molecule has 0 spiro atoms. The van der Waals surface area contributed by atoms with Crippen LogP contribution < -0.4 is 5.73 Å². The lowest BCUT2D eigenvalue weighted by Gasteiger charge is -2.32. The van der Waals surface area contributed by atoms with Crippen LogP contribution in [-0.2, 0) is 14.2 Å². The van der Waals surface area contributed by atoms with Crippen molar-refractivity contribution < 1.29 is 14.2 Å².